The minimum atomic E-state index is -4.39. The minimum absolute atomic E-state index is 0.125. The van der Waals surface area contributed by atoms with Crippen molar-refractivity contribution in [3.8, 4) is 0 Å². The predicted octanol–water partition coefficient (Wildman–Crippen LogP) is 3.67. The highest BCUT2D eigenvalue weighted by atomic mass is 35.5. The van der Waals surface area contributed by atoms with E-state index in [1.165, 1.54) is 12.3 Å². The lowest BCUT2D eigenvalue weighted by molar-refractivity contribution is -0.137. The van der Waals surface area contributed by atoms with Gasteiger partial charge in [-0.3, -0.25) is 0 Å². The van der Waals surface area contributed by atoms with Gasteiger partial charge in [-0.1, -0.05) is 0 Å². The van der Waals surface area contributed by atoms with Crippen molar-refractivity contribution < 1.29 is 13.2 Å². The maximum Gasteiger partial charge on any atom is 0.419 e. The molecule has 0 aliphatic heterocycles. The van der Waals surface area contributed by atoms with Gasteiger partial charge in [-0.15, -0.1) is 11.6 Å². The van der Waals surface area contributed by atoms with Gasteiger partial charge in [0.25, 0.3) is 0 Å². The standard InChI is InChI=1S/C11H12ClF3N2/c12-7-10(4-2-5-10)17-9-8(11(13,14)15)3-1-6-16-9/h1,3,6H,2,4-5,7H2,(H,16,17). The molecular weight excluding hydrogens is 253 g/mol. The number of rotatable bonds is 3. The fourth-order valence-electron chi connectivity index (χ4n) is 1.88. The summed E-state index contributed by atoms with van der Waals surface area (Å²) in [6, 6.07) is 2.30. The van der Waals surface area contributed by atoms with Crippen molar-refractivity contribution in [2.24, 2.45) is 0 Å². The smallest absolute Gasteiger partial charge is 0.363 e. The normalized spacial score (nSPS) is 18.6. The molecule has 0 radical (unpaired) electrons. The number of aromatic nitrogens is 1. The Morgan fingerprint density at radius 3 is 2.59 bits per heavy atom. The molecule has 0 aromatic carbocycles. The highest BCUT2D eigenvalue weighted by molar-refractivity contribution is 6.19. The van der Waals surface area contributed by atoms with Gasteiger partial charge in [-0.2, -0.15) is 13.2 Å². The molecule has 1 aliphatic rings. The molecule has 2 rings (SSSR count). The topological polar surface area (TPSA) is 24.9 Å². The molecule has 1 fully saturated rings. The molecule has 6 heteroatoms. The van der Waals surface area contributed by atoms with Crippen LogP contribution in [0.5, 0.6) is 0 Å². The summed E-state index contributed by atoms with van der Waals surface area (Å²) in [6.45, 7) is 0. The molecule has 94 valence electrons. The second-order valence-corrected chi connectivity index (χ2v) is 4.56. The molecule has 0 unspecified atom stereocenters. The Labute approximate surface area is 102 Å². The Kier molecular flexibility index (Phi) is 3.21. The van der Waals surface area contributed by atoms with Gasteiger partial charge in [0.1, 0.15) is 5.82 Å². The van der Waals surface area contributed by atoms with Crippen molar-refractivity contribution in [3.63, 3.8) is 0 Å². The number of anilines is 1. The number of halogens is 4. The third-order valence-electron chi connectivity index (χ3n) is 3.06. The van der Waals surface area contributed by atoms with Crippen LogP contribution in [0.15, 0.2) is 18.3 Å². The number of nitrogens with one attached hydrogen (secondary N) is 1. The quantitative estimate of drug-likeness (QED) is 0.843. The number of hydrogen-bond acceptors (Lipinski definition) is 2. The Balaban J connectivity index is 2.27. The van der Waals surface area contributed by atoms with Crippen LogP contribution in [0.2, 0.25) is 0 Å². The second-order valence-electron chi connectivity index (χ2n) is 4.29. The van der Waals surface area contributed by atoms with Crippen LogP contribution in [0.4, 0.5) is 19.0 Å². The Bertz CT molecular complexity index is 396. The molecule has 2 nitrogen and oxygen atoms in total. The highest BCUT2D eigenvalue weighted by Crippen LogP contribution is 2.39. The monoisotopic (exact) mass is 264 g/mol. The zero-order chi connectivity index (χ0) is 12.5. The number of hydrogen-bond donors (Lipinski definition) is 1. The zero-order valence-electron chi connectivity index (χ0n) is 9.02. The van der Waals surface area contributed by atoms with Crippen LogP contribution in [-0.2, 0) is 6.18 Å². The van der Waals surface area contributed by atoms with Gasteiger partial charge in [0.2, 0.25) is 0 Å². The van der Waals surface area contributed by atoms with Crippen molar-refractivity contribution in [2.75, 3.05) is 11.2 Å². The molecule has 0 spiro atoms. The van der Waals surface area contributed by atoms with Crippen molar-refractivity contribution in [3.05, 3.63) is 23.9 Å². The Hall–Kier alpha value is -0.970. The maximum absolute atomic E-state index is 12.7. The average molecular weight is 265 g/mol. The Morgan fingerprint density at radius 1 is 1.41 bits per heavy atom. The van der Waals surface area contributed by atoms with E-state index in [0.29, 0.717) is 5.88 Å². The zero-order valence-corrected chi connectivity index (χ0v) is 9.78. The lowest BCUT2D eigenvalue weighted by atomic mass is 9.78. The van der Waals surface area contributed by atoms with E-state index in [0.717, 1.165) is 25.3 Å². The third-order valence-corrected chi connectivity index (χ3v) is 3.57. The number of nitrogens with zero attached hydrogens (tertiary/aromatic N) is 1. The van der Waals surface area contributed by atoms with E-state index in [1.807, 2.05) is 0 Å². The molecule has 1 aliphatic carbocycles. The first-order valence-electron chi connectivity index (χ1n) is 5.33. The fraction of sp³-hybridized carbons (Fsp3) is 0.545. The minimum Gasteiger partial charge on any atom is -0.363 e. The predicted molar refractivity (Wildman–Crippen MR) is 60.2 cm³/mol. The molecule has 0 amide bonds. The van der Waals surface area contributed by atoms with Crippen molar-refractivity contribution in [1.29, 1.82) is 0 Å². The van der Waals surface area contributed by atoms with Crippen LogP contribution in [-0.4, -0.2) is 16.4 Å². The van der Waals surface area contributed by atoms with Crippen LogP contribution >= 0.6 is 11.6 Å². The van der Waals surface area contributed by atoms with Gasteiger partial charge >= 0.3 is 6.18 Å². The van der Waals surface area contributed by atoms with Gasteiger partial charge in [0, 0.05) is 12.1 Å². The van der Waals surface area contributed by atoms with E-state index in [-0.39, 0.29) is 5.82 Å². The lowest BCUT2D eigenvalue weighted by Gasteiger charge is -2.41. The molecule has 0 bridgehead atoms. The van der Waals surface area contributed by atoms with Crippen molar-refractivity contribution >= 4 is 17.4 Å². The van der Waals surface area contributed by atoms with Crippen LogP contribution in [0.3, 0.4) is 0 Å². The molecule has 17 heavy (non-hydrogen) atoms. The summed E-state index contributed by atoms with van der Waals surface area (Å²) >= 11 is 5.81. The van der Waals surface area contributed by atoms with Gasteiger partial charge in [0.15, 0.2) is 0 Å². The largest absolute Gasteiger partial charge is 0.419 e. The average Bonchev–Trinajstić information content (AvgIpc) is 2.23. The molecule has 1 aromatic heterocycles. The summed E-state index contributed by atoms with van der Waals surface area (Å²) < 4.78 is 38.2. The molecule has 1 heterocycles. The summed E-state index contributed by atoms with van der Waals surface area (Å²) in [6.07, 6.45) is -0.505. The lowest BCUT2D eigenvalue weighted by Crippen LogP contribution is -2.47. The van der Waals surface area contributed by atoms with E-state index in [2.05, 4.69) is 10.3 Å². The molecule has 0 atom stereocenters. The number of alkyl halides is 4. The van der Waals surface area contributed by atoms with Gasteiger partial charge in [0.05, 0.1) is 11.1 Å². The first-order valence-corrected chi connectivity index (χ1v) is 5.87. The summed E-state index contributed by atoms with van der Waals surface area (Å²) in [5.41, 5.74) is -1.16. The van der Waals surface area contributed by atoms with E-state index in [4.69, 9.17) is 11.6 Å². The summed E-state index contributed by atoms with van der Waals surface area (Å²) in [5, 5.41) is 2.85. The SMILES string of the molecule is FC(F)(F)c1cccnc1NC1(CCl)CCC1. The fourth-order valence-corrected chi connectivity index (χ4v) is 2.21. The second kappa shape index (κ2) is 4.37. The van der Waals surface area contributed by atoms with Crippen molar-refractivity contribution in [1.82, 2.24) is 4.98 Å². The molecule has 1 N–H and O–H groups in total. The van der Waals surface area contributed by atoms with Crippen LogP contribution in [0, 0.1) is 0 Å². The van der Waals surface area contributed by atoms with Gasteiger partial charge < -0.3 is 5.32 Å². The maximum atomic E-state index is 12.7. The van der Waals surface area contributed by atoms with Gasteiger partial charge in [-0.05, 0) is 31.4 Å². The third kappa shape index (κ3) is 2.49. The Morgan fingerprint density at radius 2 is 2.12 bits per heavy atom. The van der Waals surface area contributed by atoms with E-state index >= 15 is 0 Å². The van der Waals surface area contributed by atoms with Crippen molar-refractivity contribution in [2.45, 2.75) is 31.0 Å². The summed E-state index contributed by atoms with van der Waals surface area (Å²) in [5.74, 6) is 0.168. The van der Waals surface area contributed by atoms with Crippen LogP contribution in [0.25, 0.3) is 0 Å². The first-order chi connectivity index (χ1) is 7.97. The molecule has 1 aromatic rings. The van der Waals surface area contributed by atoms with E-state index in [9.17, 15) is 13.2 Å². The summed E-state index contributed by atoms with van der Waals surface area (Å²) in [7, 11) is 0. The molecule has 0 saturated heterocycles. The molecule has 1 saturated carbocycles. The van der Waals surface area contributed by atoms with E-state index < -0.39 is 17.3 Å². The van der Waals surface area contributed by atoms with Crippen LogP contribution < -0.4 is 5.32 Å². The summed E-state index contributed by atoms with van der Waals surface area (Å²) in [4.78, 5) is 3.77. The first kappa shape index (κ1) is 12.5. The van der Waals surface area contributed by atoms with Crippen LogP contribution in [0.1, 0.15) is 24.8 Å². The number of pyridine rings is 1. The highest BCUT2D eigenvalue weighted by Gasteiger charge is 2.40. The van der Waals surface area contributed by atoms with E-state index in [1.54, 1.807) is 0 Å². The molecular formula is C11H12ClF3N2. The van der Waals surface area contributed by atoms with Gasteiger partial charge in [-0.25, -0.2) is 4.98 Å².